The van der Waals surface area contributed by atoms with Crippen LogP contribution >= 0.6 is 0 Å². The van der Waals surface area contributed by atoms with E-state index in [9.17, 15) is 0 Å². The number of nitrogens with zero attached hydrogens (tertiary/aromatic N) is 1. The Hall–Kier alpha value is -1.90. The number of benzene rings is 1. The molecule has 0 unspecified atom stereocenters. The predicted molar refractivity (Wildman–Crippen MR) is 81.8 cm³/mol. The molecule has 1 aromatic carbocycles. The van der Waals surface area contributed by atoms with E-state index >= 15 is 0 Å². The van der Waals surface area contributed by atoms with Gasteiger partial charge in [-0.25, -0.2) is 0 Å². The third-order valence-electron chi connectivity index (χ3n) is 3.37. The zero-order valence-electron chi connectivity index (χ0n) is 12.8. The van der Waals surface area contributed by atoms with Crippen LogP contribution in [-0.2, 0) is 6.54 Å². The molecule has 108 valence electrons. The summed E-state index contributed by atoms with van der Waals surface area (Å²) in [5.74, 6) is 1.65. The second-order valence-corrected chi connectivity index (χ2v) is 4.85. The molecule has 0 saturated carbocycles. The summed E-state index contributed by atoms with van der Waals surface area (Å²) in [4.78, 5) is 0. The van der Waals surface area contributed by atoms with Crippen molar-refractivity contribution in [3.05, 3.63) is 47.3 Å². The average Bonchev–Trinajstić information content (AvgIpc) is 2.74. The summed E-state index contributed by atoms with van der Waals surface area (Å²) in [6, 6.07) is 10.5. The zero-order chi connectivity index (χ0) is 14.5. The van der Waals surface area contributed by atoms with Gasteiger partial charge in [-0.05, 0) is 57.5 Å². The molecule has 1 heterocycles. The molecule has 0 aliphatic carbocycles. The van der Waals surface area contributed by atoms with Gasteiger partial charge in [-0.15, -0.1) is 0 Å². The molecule has 0 N–H and O–H groups in total. The van der Waals surface area contributed by atoms with Crippen molar-refractivity contribution in [1.82, 2.24) is 4.57 Å². The van der Waals surface area contributed by atoms with Gasteiger partial charge in [0.1, 0.15) is 0 Å². The highest BCUT2D eigenvalue weighted by Gasteiger charge is 2.08. The molecule has 0 fully saturated rings. The topological polar surface area (TPSA) is 23.4 Å². The number of hydrogen-bond donors (Lipinski definition) is 0. The first-order valence-electron chi connectivity index (χ1n) is 7.17. The highest BCUT2D eigenvalue weighted by molar-refractivity contribution is 5.43. The molecule has 0 aliphatic heterocycles. The summed E-state index contributed by atoms with van der Waals surface area (Å²) >= 11 is 0. The van der Waals surface area contributed by atoms with Crippen LogP contribution in [0.1, 0.15) is 30.8 Å². The summed E-state index contributed by atoms with van der Waals surface area (Å²) in [5, 5.41) is 0. The Kier molecular flexibility index (Phi) is 4.72. The maximum Gasteiger partial charge on any atom is 0.161 e. The third-order valence-corrected chi connectivity index (χ3v) is 3.37. The molecule has 0 saturated heterocycles. The van der Waals surface area contributed by atoms with Crippen molar-refractivity contribution in [1.29, 1.82) is 0 Å². The average molecular weight is 273 g/mol. The number of hydrogen-bond acceptors (Lipinski definition) is 2. The first kappa shape index (κ1) is 14.5. The monoisotopic (exact) mass is 273 g/mol. The lowest BCUT2D eigenvalue weighted by Gasteiger charge is -2.14. The van der Waals surface area contributed by atoms with Gasteiger partial charge in [0, 0.05) is 17.9 Å². The van der Waals surface area contributed by atoms with Gasteiger partial charge < -0.3 is 14.0 Å². The van der Waals surface area contributed by atoms with E-state index in [0.29, 0.717) is 13.2 Å². The first-order chi connectivity index (χ1) is 9.65. The molecule has 0 radical (unpaired) electrons. The second-order valence-electron chi connectivity index (χ2n) is 4.85. The van der Waals surface area contributed by atoms with Crippen LogP contribution in [-0.4, -0.2) is 17.8 Å². The van der Waals surface area contributed by atoms with E-state index in [1.54, 1.807) is 0 Å². The molecule has 0 amide bonds. The molecule has 0 spiro atoms. The molecule has 0 atom stereocenters. The Morgan fingerprint density at radius 1 is 0.850 bits per heavy atom. The minimum Gasteiger partial charge on any atom is -0.490 e. The molecule has 1 aromatic heterocycles. The lowest BCUT2D eigenvalue weighted by molar-refractivity contribution is 0.287. The maximum absolute atomic E-state index is 5.68. The molecule has 2 aromatic rings. The zero-order valence-corrected chi connectivity index (χ0v) is 12.8. The number of aromatic nitrogens is 1. The molecular weight excluding hydrogens is 250 g/mol. The van der Waals surface area contributed by atoms with Gasteiger partial charge in [-0.1, -0.05) is 6.07 Å². The van der Waals surface area contributed by atoms with Crippen molar-refractivity contribution in [2.75, 3.05) is 13.2 Å². The number of ether oxygens (including phenoxy) is 2. The van der Waals surface area contributed by atoms with Gasteiger partial charge in [0.15, 0.2) is 11.5 Å². The second kappa shape index (κ2) is 6.51. The standard InChI is InChI=1S/C17H23NO2/c1-5-19-16-10-9-15(11-17(16)20-6-2)12-18-13(3)7-8-14(18)4/h7-11H,5-6,12H2,1-4H3. The summed E-state index contributed by atoms with van der Waals surface area (Å²) < 4.78 is 13.6. The summed E-state index contributed by atoms with van der Waals surface area (Å²) in [6.45, 7) is 10.4. The molecule has 0 aliphatic rings. The minimum atomic E-state index is 0.644. The largest absolute Gasteiger partial charge is 0.490 e. The summed E-state index contributed by atoms with van der Waals surface area (Å²) in [7, 11) is 0. The Bertz CT molecular complexity index is 553. The van der Waals surface area contributed by atoms with Crippen LogP contribution in [0, 0.1) is 13.8 Å². The normalized spacial score (nSPS) is 10.6. The van der Waals surface area contributed by atoms with Crippen LogP contribution in [0.4, 0.5) is 0 Å². The number of rotatable bonds is 6. The predicted octanol–water partition coefficient (Wildman–Crippen LogP) is 3.95. The smallest absolute Gasteiger partial charge is 0.161 e. The van der Waals surface area contributed by atoms with Crippen molar-refractivity contribution < 1.29 is 9.47 Å². The van der Waals surface area contributed by atoms with Gasteiger partial charge in [-0.2, -0.15) is 0 Å². The van der Waals surface area contributed by atoms with Gasteiger partial charge in [0.2, 0.25) is 0 Å². The fraction of sp³-hybridized carbons (Fsp3) is 0.412. The Morgan fingerprint density at radius 2 is 1.45 bits per heavy atom. The Morgan fingerprint density at radius 3 is 2.05 bits per heavy atom. The van der Waals surface area contributed by atoms with E-state index < -0.39 is 0 Å². The van der Waals surface area contributed by atoms with E-state index in [-0.39, 0.29) is 0 Å². The Balaban J connectivity index is 2.26. The summed E-state index contributed by atoms with van der Waals surface area (Å²) in [6.07, 6.45) is 0. The van der Waals surface area contributed by atoms with E-state index in [1.807, 2.05) is 19.9 Å². The summed E-state index contributed by atoms with van der Waals surface area (Å²) in [5.41, 5.74) is 3.77. The first-order valence-corrected chi connectivity index (χ1v) is 7.17. The lowest BCUT2D eigenvalue weighted by atomic mass is 10.2. The fourth-order valence-electron chi connectivity index (χ4n) is 2.33. The van der Waals surface area contributed by atoms with Gasteiger partial charge in [0.05, 0.1) is 13.2 Å². The molecule has 3 nitrogen and oxygen atoms in total. The van der Waals surface area contributed by atoms with Crippen LogP contribution in [0.15, 0.2) is 30.3 Å². The van der Waals surface area contributed by atoms with Crippen molar-refractivity contribution in [2.24, 2.45) is 0 Å². The van der Waals surface area contributed by atoms with E-state index in [1.165, 1.54) is 17.0 Å². The lowest BCUT2D eigenvalue weighted by Crippen LogP contribution is -2.05. The maximum atomic E-state index is 5.68. The fourth-order valence-corrected chi connectivity index (χ4v) is 2.33. The molecule has 0 bridgehead atoms. The molecular formula is C17H23NO2. The van der Waals surface area contributed by atoms with Gasteiger partial charge in [0.25, 0.3) is 0 Å². The molecule has 2 rings (SSSR count). The highest BCUT2D eigenvalue weighted by Crippen LogP contribution is 2.29. The van der Waals surface area contributed by atoms with E-state index in [4.69, 9.17) is 9.47 Å². The van der Waals surface area contributed by atoms with Crippen molar-refractivity contribution >= 4 is 0 Å². The molecule has 3 heteroatoms. The SMILES string of the molecule is CCOc1ccc(Cn2c(C)ccc2C)cc1OCC. The van der Waals surface area contributed by atoms with Crippen LogP contribution < -0.4 is 9.47 Å². The number of aryl methyl sites for hydroxylation is 2. The van der Waals surface area contributed by atoms with Gasteiger partial charge >= 0.3 is 0 Å². The minimum absolute atomic E-state index is 0.644. The van der Waals surface area contributed by atoms with Crippen LogP contribution in [0.2, 0.25) is 0 Å². The van der Waals surface area contributed by atoms with Crippen LogP contribution in [0.25, 0.3) is 0 Å². The van der Waals surface area contributed by atoms with Gasteiger partial charge in [-0.3, -0.25) is 0 Å². The third kappa shape index (κ3) is 3.16. The van der Waals surface area contributed by atoms with Crippen molar-refractivity contribution in [2.45, 2.75) is 34.2 Å². The Labute approximate surface area is 121 Å². The van der Waals surface area contributed by atoms with Crippen LogP contribution in [0.5, 0.6) is 11.5 Å². The van der Waals surface area contributed by atoms with E-state index in [2.05, 4.69) is 42.7 Å². The van der Waals surface area contributed by atoms with E-state index in [0.717, 1.165) is 18.0 Å². The highest BCUT2D eigenvalue weighted by atomic mass is 16.5. The van der Waals surface area contributed by atoms with Crippen LogP contribution in [0.3, 0.4) is 0 Å². The van der Waals surface area contributed by atoms with Crippen molar-refractivity contribution in [3.63, 3.8) is 0 Å². The quantitative estimate of drug-likeness (QED) is 0.795. The molecule has 20 heavy (non-hydrogen) atoms. The van der Waals surface area contributed by atoms with Crippen molar-refractivity contribution in [3.8, 4) is 11.5 Å².